The molecule has 0 unspecified atom stereocenters. The zero-order valence-electron chi connectivity index (χ0n) is 14.0. The van der Waals surface area contributed by atoms with Crippen LogP contribution in [0.3, 0.4) is 0 Å². The van der Waals surface area contributed by atoms with E-state index in [1.54, 1.807) is 18.2 Å². The van der Waals surface area contributed by atoms with E-state index in [0.29, 0.717) is 18.8 Å². The number of aromatic nitrogens is 1. The van der Waals surface area contributed by atoms with E-state index in [2.05, 4.69) is 11.2 Å². The minimum absolute atomic E-state index is 0. The molecule has 1 aromatic heterocycles. The number of hydrogen-bond acceptors (Lipinski definition) is 4. The fraction of sp³-hybridized carbons (Fsp3) is 0.500. The Labute approximate surface area is 180 Å². The topological polar surface area (TPSA) is 51.7 Å². The van der Waals surface area contributed by atoms with E-state index < -0.39 is 5.60 Å². The molecule has 1 aliphatic heterocycles. The molecule has 1 amide bonds. The fourth-order valence-electron chi connectivity index (χ4n) is 2.08. The Balaban J connectivity index is 0.00000242. The molecular weight excluding hydrogens is 354 g/mol. The number of carbonyl (C=O) groups is 1. The van der Waals surface area contributed by atoms with Crippen LogP contribution in [0.1, 0.15) is 32.8 Å². The standard InChI is InChI=1S/C16H21N2O3.Rb/c1-16(2,3)21-15(19)18-7-5-12(6-8-18)13-9-14(20-4)11-17-10-13;/h5,9-10H,6-8H2,1-4H3;/q-1;+1. The van der Waals surface area contributed by atoms with Crippen LogP contribution in [-0.4, -0.2) is 41.8 Å². The molecule has 5 nitrogen and oxygen atoms in total. The van der Waals surface area contributed by atoms with Crippen LogP contribution in [0.15, 0.2) is 18.3 Å². The number of carbonyl (C=O) groups excluding carboxylic acids is 1. The van der Waals surface area contributed by atoms with E-state index in [1.165, 1.54) is 0 Å². The van der Waals surface area contributed by atoms with Crippen molar-refractivity contribution in [3.63, 3.8) is 0 Å². The van der Waals surface area contributed by atoms with Gasteiger partial charge in [-0.2, -0.15) is 0 Å². The summed E-state index contributed by atoms with van der Waals surface area (Å²) in [7, 11) is 1.59. The Bertz CT molecular complexity index is 553. The van der Waals surface area contributed by atoms with Gasteiger partial charge in [0.15, 0.2) is 0 Å². The number of rotatable bonds is 2. The van der Waals surface area contributed by atoms with Crippen LogP contribution in [-0.2, 0) is 4.74 Å². The van der Waals surface area contributed by atoms with Crippen LogP contribution in [0, 0.1) is 6.20 Å². The third-order valence-corrected chi connectivity index (χ3v) is 3.12. The zero-order chi connectivity index (χ0) is 15.5. The second kappa shape index (κ2) is 8.57. The minimum atomic E-state index is -0.465. The first-order chi connectivity index (χ1) is 9.89. The van der Waals surface area contributed by atoms with Gasteiger partial charge in [-0.25, -0.2) is 4.79 Å². The Morgan fingerprint density at radius 1 is 1.41 bits per heavy atom. The van der Waals surface area contributed by atoms with Gasteiger partial charge in [-0.1, -0.05) is 17.8 Å². The maximum atomic E-state index is 12.0. The molecule has 0 atom stereocenters. The van der Waals surface area contributed by atoms with Gasteiger partial charge in [-0.05, 0) is 33.4 Å². The number of nitrogens with zero attached hydrogens (tertiary/aromatic N) is 2. The fourth-order valence-corrected chi connectivity index (χ4v) is 2.08. The Hall–Kier alpha value is -0.235. The summed E-state index contributed by atoms with van der Waals surface area (Å²) in [5, 5.41) is 0. The van der Waals surface area contributed by atoms with Crippen molar-refractivity contribution in [3.05, 3.63) is 30.1 Å². The second-order valence-corrected chi connectivity index (χ2v) is 5.94. The molecule has 0 saturated carbocycles. The van der Waals surface area contributed by atoms with Crippen molar-refractivity contribution in [3.8, 4) is 5.75 Å². The molecule has 0 bridgehead atoms. The number of hydrogen-bond donors (Lipinski definition) is 0. The predicted octanol–water partition coefficient (Wildman–Crippen LogP) is -0.0814. The summed E-state index contributed by atoms with van der Waals surface area (Å²) < 4.78 is 10.5. The summed E-state index contributed by atoms with van der Waals surface area (Å²) >= 11 is 0. The molecule has 1 aliphatic rings. The predicted molar refractivity (Wildman–Crippen MR) is 80.0 cm³/mol. The molecule has 0 spiro atoms. The number of methoxy groups -OCH3 is 1. The minimum Gasteiger partial charge on any atom is -0.521 e. The van der Waals surface area contributed by atoms with Crippen LogP contribution in [0.25, 0.3) is 5.57 Å². The number of pyridine rings is 1. The van der Waals surface area contributed by atoms with E-state index in [1.807, 2.05) is 32.9 Å². The normalized spacial score (nSPS) is 14.7. The van der Waals surface area contributed by atoms with E-state index in [-0.39, 0.29) is 64.3 Å². The van der Waals surface area contributed by atoms with E-state index >= 15 is 0 Å². The number of ether oxygens (including phenoxy) is 2. The summed E-state index contributed by atoms with van der Waals surface area (Å²) in [5.41, 5.74) is 1.71. The largest absolute Gasteiger partial charge is 1.00 e. The first kappa shape index (κ1) is 19.8. The molecule has 0 aliphatic carbocycles. The van der Waals surface area contributed by atoms with Crippen molar-refractivity contribution in [1.82, 2.24) is 9.88 Å². The van der Waals surface area contributed by atoms with Crippen LogP contribution < -0.4 is 62.9 Å². The molecular formula is C16H21N2O3Rb. The first-order valence-electron chi connectivity index (χ1n) is 6.98. The molecule has 6 heteroatoms. The maximum absolute atomic E-state index is 12.0. The smallest absolute Gasteiger partial charge is 0.521 e. The van der Waals surface area contributed by atoms with Gasteiger partial charge in [0.1, 0.15) is 5.60 Å². The summed E-state index contributed by atoms with van der Waals surface area (Å²) in [5.74, 6) is 0.614. The first-order valence-corrected chi connectivity index (χ1v) is 6.98. The molecule has 114 valence electrons. The summed E-state index contributed by atoms with van der Waals surface area (Å²) in [6, 6.07) is 1.90. The van der Waals surface area contributed by atoms with Gasteiger partial charge in [0.05, 0.1) is 7.11 Å². The molecule has 0 saturated heterocycles. The van der Waals surface area contributed by atoms with Crippen molar-refractivity contribution < 1.29 is 72.5 Å². The Morgan fingerprint density at radius 3 is 2.68 bits per heavy atom. The average Bonchev–Trinajstić information content (AvgIpc) is 2.46. The molecule has 2 rings (SSSR count). The summed E-state index contributed by atoms with van der Waals surface area (Å²) in [6.07, 6.45) is 7.06. The summed E-state index contributed by atoms with van der Waals surface area (Å²) in [6.45, 7) is 6.80. The van der Waals surface area contributed by atoms with Gasteiger partial charge in [0, 0.05) is 18.8 Å². The van der Waals surface area contributed by atoms with Crippen molar-refractivity contribution in [2.75, 3.05) is 20.2 Å². The van der Waals surface area contributed by atoms with Crippen LogP contribution in [0.2, 0.25) is 0 Å². The molecule has 2 heterocycles. The van der Waals surface area contributed by atoms with E-state index in [9.17, 15) is 4.79 Å². The second-order valence-electron chi connectivity index (χ2n) is 5.94. The maximum Gasteiger partial charge on any atom is 1.00 e. The Morgan fingerprint density at radius 2 is 2.14 bits per heavy atom. The summed E-state index contributed by atoms with van der Waals surface area (Å²) in [4.78, 5) is 17.7. The van der Waals surface area contributed by atoms with Gasteiger partial charge >= 0.3 is 64.3 Å². The van der Waals surface area contributed by atoms with E-state index in [4.69, 9.17) is 9.47 Å². The van der Waals surface area contributed by atoms with Gasteiger partial charge in [-0.3, -0.25) is 0 Å². The molecule has 0 radical (unpaired) electrons. The van der Waals surface area contributed by atoms with Crippen molar-refractivity contribution in [2.24, 2.45) is 0 Å². The monoisotopic (exact) mass is 374 g/mol. The van der Waals surface area contributed by atoms with Gasteiger partial charge in [0.25, 0.3) is 0 Å². The van der Waals surface area contributed by atoms with E-state index in [0.717, 1.165) is 17.6 Å². The Kier molecular flexibility index (Phi) is 7.72. The molecule has 0 N–H and O–H groups in total. The third kappa shape index (κ3) is 5.76. The molecule has 0 fully saturated rings. The van der Waals surface area contributed by atoms with Crippen LogP contribution >= 0.6 is 0 Å². The molecule has 1 aromatic rings. The average molecular weight is 375 g/mol. The zero-order valence-corrected chi connectivity index (χ0v) is 18.9. The van der Waals surface area contributed by atoms with Crippen LogP contribution in [0.5, 0.6) is 5.75 Å². The van der Waals surface area contributed by atoms with Gasteiger partial charge in [-0.15, -0.1) is 11.6 Å². The quantitative estimate of drug-likeness (QED) is 0.679. The van der Waals surface area contributed by atoms with Crippen molar-refractivity contribution in [2.45, 2.75) is 32.8 Å². The van der Waals surface area contributed by atoms with Crippen molar-refractivity contribution in [1.29, 1.82) is 0 Å². The third-order valence-electron chi connectivity index (χ3n) is 3.12. The number of amides is 1. The molecule has 0 aromatic carbocycles. The SMILES string of the molecule is COc1[c-]ncc(C2=CCN(C(=O)OC(C)(C)C)CC2)c1.[Rb+]. The van der Waals surface area contributed by atoms with Gasteiger partial charge < -0.3 is 19.4 Å². The van der Waals surface area contributed by atoms with Gasteiger partial charge in [0.2, 0.25) is 0 Å². The van der Waals surface area contributed by atoms with Crippen molar-refractivity contribution >= 4 is 11.7 Å². The molecule has 22 heavy (non-hydrogen) atoms. The van der Waals surface area contributed by atoms with Crippen LogP contribution in [0.4, 0.5) is 4.79 Å².